The molecule has 0 aliphatic carbocycles. The Morgan fingerprint density at radius 2 is 1.69 bits per heavy atom. The number of carbonyl (C=O) groups is 1. The van der Waals surface area contributed by atoms with E-state index in [2.05, 4.69) is 0 Å². The molecule has 2 aromatic rings. The number of hydrogen-bond donors (Lipinski definition) is 0. The van der Waals surface area contributed by atoms with Gasteiger partial charge in [0.05, 0.1) is 5.56 Å². The Balaban J connectivity index is 2.46. The molecule has 2 heteroatoms. The minimum Gasteiger partial charge on any atom is -0.294 e. The van der Waals surface area contributed by atoms with Crippen LogP contribution >= 0.6 is 0 Å². The predicted octanol–water partition coefficient (Wildman–Crippen LogP) is 3.70. The van der Waals surface area contributed by atoms with Crippen molar-refractivity contribution in [1.29, 1.82) is 0 Å². The smallest absolute Gasteiger partial charge is 0.162 e. The van der Waals surface area contributed by atoms with Crippen LogP contribution in [0.2, 0.25) is 0 Å². The maximum Gasteiger partial charge on any atom is 0.162 e. The van der Waals surface area contributed by atoms with Crippen molar-refractivity contribution in [3.05, 3.63) is 59.9 Å². The molecule has 0 saturated carbocycles. The van der Waals surface area contributed by atoms with Gasteiger partial charge in [-0.15, -0.1) is 0 Å². The van der Waals surface area contributed by atoms with Gasteiger partial charge in [0.2, 0.25) is 0 Å². The summed E-state index contributed by atoms with van der Waals surface area (Å²) in [7, 11) is 0. The van der Waals surface area contributed by atoms with Crippen LogP contribution in [0.3, 0.4) is 0 Å². The van der Waals surface area contributed by atoms with E-state index in [4.69, 9.17) is 0 Å². The molecular formula is C14H11FO. The van der Waals surface area contributed by atoms with Crippen LogP contribution in [0.4, 0.5) is 4.39 Å². The fourth-order valence-electron chi connectivity index (χ4n) is 1.61. The van der Waals surface area contributed by atoms with E-state index >= 15 is 0 Å². The first-order valence-corrected chi connectivity index (χ1v) is 5.04. The largest absolute Gasteiger partial charge is 0.294 e. The van der Waals surface area contributed by atoms with Crippen LogP contribution < -0.4 is 0 Å². The van der Waals surface area contributed by atoms with Crippen LogP contribution in [0.1, 0.15) is 17.3 Å². The first-order chi connectivity index (χ1) is 7.68. The first-order valence-electron chi connectivity index (χ1n) is 5.04. The average molecular weight is 214 g/mol. The molecule has 2 aromatic carbocycles. The first kappa shape index (κ1) is 10.6. The molecule has 0 aliphatic rings. The highest BCUT2D eigenvalue weighted by Gasteiger charge is 2.08. The second kappa shape index (κ2) is 4.27. The third kappa shape index (κ3) is 2.01. The summed E-state index contributed by atoms with van der Waals surface area (Å²) in [5.74, 6) is -0.717. The normalized spacial score (nSPS) is 10.1. The van der Waals surface area contributed by atoms with E-state index < -0.39 is 5.82 Å². The summed E-state index contributed by atoms with van der Waals surface area (Å²) < 4.78 is 13.6. The van der Waals surface area contributed by atoms with Crippen LogP contribution in [-0.4, -0.2) is 5.78 Å². The minimum atomic E-state index is -0.464. The number of hydrogen-bond acceptors (Lipinski definition) is 1. The standard InChI is InChI=1S/C14H11FO/c1-10(16)13-8-7-12(9-14(13)15)11-5-3-2-4-6-11/h2-9H,1H3. The lowest BCUT2D eigenvalue weighted by Gasteiger charge is -2.03. The molecule has 2 rings (SSSR count). The molecule has 0 heterocycles. The van der Waals surface area contributed by atoms with Crippen LogP contribution in [0.25, 0.3) is 11.1 Å². The SMILES string of the molecule is CC(=O)c1ccc(-c2ccccc2)cc1F. The Morgan fingerprint density at radius 3 is 2.25 bits per heavy atom. The maximum absolute atomic E-state index is 13.6. The summed E-state index contributed by atoms with van der Waals surface area (Å²) >= 11 is 0. The number of rotatable bonds is 2. The summed E-state index contributed by atoms with van der Waals surface area (Å²) in [6, 6.07) is 14.2. The molecule has 0 aromatic heterocycles. The number of ketones is 1. The van der Waals surface area contributed by atoms with Gasteiger partial charge in [0.15, 0.2) is 5.78 Å². The van der Waals surface area contributed by atoms with E-state index in [-0.39, 0.29) is 11.3 Å². The second-order valence-corrected chi connectivity index (χ2v) is 3.62. The van der Waals surface area contributed by atoms with Gasteiger partial charge in [0.25, 0.3) is 0 Å². The molecule has 0 N–H and O–H groups in total. The van der Waals surface area contributed by atoms with E-state index in [1.807, 2.05) is 30.3 Å². The molecule has 0 saturated heterocycles. The molecule has 0 aliphatic heterocycles. The van der Waals surface area contributed by atoms with Gasteiger partial charge in [-0.3, -0.25) is 4.79 Å². The molecule has 0 atom stereocenters. The lowest BCUT2D eigenvalue weighted by atomic mass is 10.0. The molecule has 0 fully saturated rings. The Labute approximate surface area is 93.5 Å². The van der Waals surface area contributed by atoms with Crippen molar-refractivity contribution in [2.75, 3.05) is 0 Å². The van der Waals surface area contributed by atoms with Crippen molar-refractivity contribution >= 4 is 5.78 Å². The lowest BCUT2D eigenvalue weighted by molar-refractivity contribution is 0.101. The molecule has 0 bridgehead atoms. The van der Waals surface area contributed by atoms with Gasteiger partial charge >= 0.3 is 0 Å². The summed E-state index contributed by atoms with van der Waals surface area (Å²) in [6.45, 7) is 1.36. The van der Waals surface area contributed by atoms with Crippen molar-refractivity contribution in [3.63, 3.8) is 0 Å². The van der Waals surface area contributed by atoms with Crippen molar-refractivity contribution in [3.8, 4) is 11.1 Å². The van der Waals surface area contributed by atoms with Crippen molar-refractivity contribution < 1.29 is 9.18 Å². The van der Waals surface area contributed by atoms with Crippen LogP contribution in [0.15, 0.2) is 48.5 Å². The average Bonchev–Trinajstić information content (AvgIpc) is 2.29. The van der Waals surface area contributed by atoms with E-state index in [9.17, 15) is 9.18 Å². The number of halogens is 1. The van der Waals surface area contributed by atoms with Crippen LogP contribution in [-0.2, 0) is 0 Å². The van der Waals surface area contributed by atoms with Gasteiger partial charge in [-0.05, 0) is 30.2 Å². The highest BCUT2D eigenvalue weighted by atomic mass is 19.1. The fourth-order valence-corrected chi connectivity index (χ4v) is 1.61. The molecule has 0 spiro atoms. The lowest BCUT2D eigenvalue weighted by Crippen LogP contribution is -1.96. The monoisotopic (exact) mass is 214 g/mol. The molecule has 80 valence electrons. The van der Waals surface area contributed by atoms with Gasteiger partial charge in [-0.1, -0.05) is 36.4 Å². The van der Waals surface area contributed by atoms with Crippen molar-refractivity contribution in [2.24, 2.45) is 0 Å². The van der Waals surface area contributed by atoms with E-state index in [0.717, 1.165) is 11.1 Å². The molecule has 0 amide bonds. The highest BCUT2D eigenvalue weighted by Crippen LogP contribution is 2.21. The third-order valence-electron chi connectivity index (χ3n) is 2.46. The predicted molar refractivity (Wildman–Crippen MR) is 61.8 cm³/mol. The van der Waals surface area contributed by atoms with Gasteiger partial charge < -0.3 is 0 Å². The molecule has 0 radical (unpaired) electrons. The van der Waals surface area contributed by atoms with Gasteiger partial charge in [-0.2, -0.15) is 0 Å². The zero-order valence-electron chi connectivity index (χ0n) is 8.91. The second-order valence-electron chi connectivity index (χ2n) is 3.62. The summed E-state index contributed by atoms with van der Waals surface area (Å²) in [5.41, 5.74) is 1.86. The molecular weight excluding hydrogens is 203 g/mol. The Morgan fingerprint density at radius 1 is 1.00 bits per heavy atom. The zero-order chi connectivity index (χ0) is 11.5. The van der Waals surface area contributed by atoms with E-state index in [1.54, 1.807) is 6.07 Å². The van der Waals surface area contributed by atoms with Gasteiger partial charge in [0.1, 0.15) is 5.82 Å². The Hall–Kier alpha value is -1.96. The van der Waals surface area contributed by atoms with E-state index in [0.29, 0.717) is 0 Å². The van der Waals surface area contributed by atoms with Crippen LogP contribution in [0, 0.1) is 5.82 Å². The summed E-state index contributed by atoms with van der Waals surface area (Å²) in [5, 5.41) is 0. The fraction of sp³-hybridized carbons (Fsp3) is 0.0714. The van der Waals surface area contributed by atoms with E-state index in [1.165, 1.54) is 19.1 Å². The zero-order valence-corrected chi connectivity index (χ0v) is 8.91. The maximum atomic E-state index is 13.6. The summed E-state index contributed by atoms with van der Waals surface area (Å²) in [4.78, 5) is 11.1. The minimum absolute atomic E-state index is 0.139. The Bertz CT molecular complexity index is 518. The molecule has 16 heavy (non-hydrogen) atoms. The Kier molecular flexibility index (Phi) is 2.82. The highest BCUT2D eigenvalue weighted by molar-refractivity contribution is 5.94. The van der Waals surface area contributed by atoms with Gasteiger partial charge in [-0.25, -0.2) is 4.39 Å². The van der Waals surface area contributed by atoms with Gasteiger partial charge in [0, 0.05) is 0 Å². The quantitative estimate of drug-likeness (QED) is 0.697. The van der Waals surface area contributed by atoms with Crippen LogP contribution in [0.5, 0.6) is 0 Å². The number of benzene rings is 2. The molecule has 1 nitrogen and oxygen atoms in total. The molecule has 0 unspecified atom stereocenters. The third-order valence-corrected chi connectivity index (χ3v) is 2.46. The van der Waals surface area contributed by atoms with Crippen molar-refractivity contribution in [1.82, 2.24) is 0 Å². The topological polar surface area (TPSA) is 17.1 Å². The number of carbonyl (C=O) groups excluding carboxylic acids is 1. The van der Waals surface area contributed by atoms with Crippen molar-refractivity contribution in [2.45, 2.75) is 6.92 Å². The summed E-state index contributed by atoms with van der Waals surface area (Å²) in [6.07, 6.45) is 0. The number of Topliss-reactive ketones (excluding diaryl/α,β-unsaturated/α-hetero) is 1.